The molecule has 0 unspecified atom stereocenters. The zero-order valence-electron chi connectivity index (χ0n) is 13.2. The van der Waals surface area contributed by atoms with Gasteiger partial charge in [-0.05, 0) is 26.0 Å². The van der Waals surface area contributed by atoms with Gasteiger partial charge in [0.2, 0.25) is 5.88 Å². The summed E-state index contributed by atoms with van der Waals surface area (Å²) in [4.78, 5) is 0. The quantitative estimate of drug-likeness (QED) is 0.775. The Bertz CT molecular complexity index is 791. The molecule has 0 aliphatic rings. The molecule has 1 atom stereocenters. The first-order chi connectivity index (χ1) is 10.6. The molecule has 22 heavy (non-hydrogen) atoms. The molecule has 0 radical (unpaired) electrons. The van der Waals surface area contributed by atoms with E-state index in [9.17, 15) is 0 Å². The molecule has 0 aliphatic heterocycles. The van der Waals surface area contributed by atoms with Gasteiger partial charge >= 0.3 is 0 Å². The Kier molecular flexibility index (Phi) is 3.81. The lowest BCUT2D eigenvalue weighted by molar-refractivity contribution is 0.366. The maximum Gasteiger partial charge on any atom is 0.216 e. The second-order valence-corrected chi connectivity index (χ2v) is 5.29. The second kappa shape index (κ2) is 5.76. The molecular formula is C15H20N6O. The van der Waals surface area contributed by atoms with Gasteiger partial charge in [0.1, 0.15) is 0 Å². The number of hydrogen-bond acceptors (Lipinski definition) is 5. The zero-order chi connectivity index (χ0) is 15.7. The van der Waals surface area contributed by atoms with Gasteiger partial charge in [-0.2, -0.15) is 5.10 Å². The van der Waals surface area contributed by atoms with Crippen molar-refractivity contribution < 1.29 is 4.74 Å². The molecule has 7 heteroatoms. The summed E-state index contributed by atoms with van der Waals surface area (Å²) >= 11 is 0. The first-order valence-corrected chi connectivity index (χ1v) is 7.21. The lowest BCUT2D eigenvalue weighted by atomic mass is 10.2. The van der Waals surface area contributed by atoms with E-state index in [1.54, 1.807) is 11.8 Å². The largest absolute Gasteiger partial charge is 0.481 e. The molecule has 0 saturated carbocycles. The Morgan fingerprint density at radius 3 is 2.91 bits per heavy atom. The Morgan fingerprint density at radius 2 is 2.14 bits per heavy atom. The highest BCUT2D eigenvalue weighted by atomic mass is 16.5. The normalized spacial score (nSPS) is 12.7. The van der Waals surface area contributed by atoms with Crippen LogP contribution in [0.25, 0.3) is 5.65 Å². The lowest BCUT2D eigenvalue weighted by Crippen LogP contribution is -2.21. The van der Waals surface area contributed by atoms with E-state index in [2.05, 4.69) is 27.5 Å². The lowest BCUT2D eigenvalue weighted by Gasteiger charge is -2.13. The Morgan fingerprint density at radius 1 is 1.32 bits per heavy atom. The van der Waals surface area contributed by atoms with Crippen LogP contribution in [0.4, 0.5) is 0 Å². The van der Waals surface area contributed by atoms with Crippen molar-refractivity contribution in [2.24, 2.45) is 7.05 Å². The topological polar surface area (TPSA) is 69.3 Å². The summed E-state index contributed by atoms with van der Waals surface area (Å²) in [5.41, 5.74) is 2.87. The van der Waals surface area contributed by atoms with Crippen molar-refractivity contribution in [3.63, 3.8) is 0 Å². The molecular weight excluding hydrogens is 280 g/mol. The minimum atomic E-state index is 0.0571. The molecule has 0 aromatic carbocycles. The van der Waals surface area contributed by atoms with Crippen LogP contribution < -0.4 is 10.1 Å². The van der Waals surface area contributed by atoms with Gasteiger partial charge < -0.3 is 10.1 Å². The van der Waals surface area contributed by atoms with Crippen molar-refractivity contribution in [2.45, 2.75) is 26.4 Å². The van der Waals surface area contributed by atoms with Crippen LogP contribution >= 0.6 is 0 Å². The van der Waals surface area contributed by atoms with Crippen LogP contribution in [0.1, 0.15) is 30.0 Å². The van der Waals surface area contributed by atoms with E-state index in [1.165, 1.54) is 0 Å². The Hall–Kier alpha value is -2.41. The number of nitrogens with zero attached hydrogens (tertiary/aromatic N) is 5. The third-order valence-corrected chi connectivity index (χ3v) is 3.79. The zero-order valence-corrected chi connectivity index (χ0v) is 13.2. The summed E-state index contributed by atoms with van der Waals surface area (Å²) in [6.07, 6.45) is 1.97. The molecule has 0 aliphatic carbocycles. The van der Waals surface area contributed by atoms with Crippen LogP contribution in [0.15, 0.2) is 24.4 Å². The number of pyridine rings is 1. The maximum atomic E-state index is 5.42. The SMILES string of the molecule is COc1c(CN[C@@H](C)c2nnc3ccccn23)c(C)nn1C. The summed E-state index contributed by atoms with van der Waals surface area (Å²) in [7, 11) is 3.54. The number of aryl methyl sites for hydroxylation is 2. The van der Waals surface area contributed by atoms with E-state index in [4.69, 9.17) is 4.74 Å². The van der Waals surface area contributed by atoms with Crippen LogP contribution in [0.3, 0.4) is 0 Å². The van der Waals surface area contributed by atoms with Crippen LogP contribution in [0, 0.1) is 6.92 Å². The Balaban J connectivity index is 1.79. The summed E-state index contributed by atoms with van der Waals surface area (Å²) in [5.74, 6) is 1.67. The summed E-state index contributed by atoms with van der Waals surface area (Å²) in [6, 6.07) is 5.93. The first kappa shape index (κ1) is 14.5. The number of nitrogens with one attached hydrogen (secondary N) is 1. The smallest absolute Gasteiger partial charge is 0.216 e. The average Bonchev–Trinajstić information content (AvgIpc) is 3.05. The van der Waals surface area contributed by atoms with Gasteiger partial charge in [0.25, 0.3) is 0 Å². The predicted octanol–water partition coefficient (Wildman–Crippen LogP) is 1.63. The van der Waals surface area contributed by atoms with Crippen LogP contribution in [0.2, 0.25) is 0 Å². The van der Waals surface area contributed by atoms with Gasteiger partial charge in [-0.1, -0.05) is 6.07 Å². The molecule has 7 nitrogen and oxygen atoms in total. The molecule has 0 saturated heterocycles. The highest BCUT2D eigenvalue weighted by molar-refractivity contribution is 5.37. The number of rotatable bonds is 5. The first-order valence-electron chi connectivity index (χ1n) is 7.21. The third kappa shape index (κ3) is 2.43. The van der Waals surface area contributed by atoms with E-state index < -0.39 is 0 Å². The highest BCUT2D eigenvalue weighted by Crippen LogP contribution is 2.22. The molecule has 3 rings (SSSR count). The average molecular weight is 300 g/mol. The van der Waals surface area contributed by atoms with Crippen molar-refractivity contribution in [2.75, 3.05) is 7.11 Å². The van der Waals surface area contributed by atoms with E-state index in [0.29, 0.717) is 6.54 Å². The van der Waals surface area contributed by atoms with Gasteiger partial charge in [-0.3, -0.25) is 4.40 Å². The van der Waals surface area contributed by atoms with E-state index >= 15 is 0 Å². The predicted molar refractivity (Wildman–Crippen MR) is 82.7 cm³/mol. The van der Waals surface area contributed by atoms with Crippen molar-refractivity contribution in [1.82, 2.24) is 29.7 Å². The number of ether oxygens (including phenoxy) is 1. The molecule has 0 bridgehead atoms. The molecule has 0 amide bonds. The molecule has 3 heterocycles. The highest BCUT2D eigenvalue weighted by Gasteiger charge is 2.17. The van der Waals surface area contributed by atoms with Gasteiger partial charge in [0.05, 0.1) is 24.4 Å². The van der Waals surface area contributed by atoms with Crippen LogP contribution in [0.5, 0.6) is 5.88 Å². The van der Waals surface area contributed by atoms with Crippen molar-refractivity contribution in [1.29, 1.82) is 0 Å². The minimum absolute atomic E-state index is 0.0571. The van der Waals surface area contributed by atoms with Gasteiger partial charge in [0.15, 0.2) is 11.5 Å². The van der Waals surface area contributed by atoms with Gasteiger partial charge in [0, 0.05) is 19.8 Å². The monoisotopic (exact) mass is 300 g/mol. The minimum Gasteiger partial charge on any atom is -0.481 e. The number of hydrogen-bond donors (Lipinski definition) is 1. The Labute approximate surface area is 128 Å². The standard InChI is InChI=1S/C15H20N6O/c1-10-12(15(22-4)20(3)19-10)9-16-11(2)14-18-17-13-7-5-6-8-21(13)14/h5-8,11,16H,9H2,1-4H3/t11-/m0/s1. The fourth-order valence-electron chi connectivity index (χ4n) is 2.64. The maximum absolute atomic E-state index is 5.42. The fraction of sp³-hybridized carbons (Fsp3) is 0.400. The summed E-state index contributed by atoms with van der Waals surface area (Å²) < 4.78 is 9.16. The number of methoxy groups -OCH3 is 1. The van der Waals surface area contributed by atoms with Crippen LogP contribution in [-0.4, -0.2) is 31.5 Å². The van der Waals surface area contributed by atoms with E-state index in [-0.39, 0.29) is 6.04 Å². The van der Waals surface area contributed by atoms with Gasteiger partial charge in [-0.25, -0.2) is 4.68 Å². The third-order valence-electron chi connectivity index (χ3n) is 3.79. The van der Waals surface area contributed by atoms with Crippen LogP contribution in [-0.2, 0) is 13.6 Å². The fourth-order valence-corrected chi connectivity index (χ4v) is 2.64. The second-order valence-electron chi connectivity index (χ2n) is 5.29. The molecule has 1 N–H and O–H groups in total. The number of aromatic nitrogens is 5. The van der Waals surface area contributed by atoms with Gasteiger partial charge in [-0.15, -0.1) is 10.2 Å². The van der Waals surface area contributed by atoms with E-state index in [1.807, 2.05) is 42.8 Å². The number of fused-ring (bicyclic) bond motifs is 1. The van der Waals surface area contributed by atoms with Crippen molar-refractivity contribution >= 4 is 5.65 Å². The van der Waals surface area contributed by atoms with Crippen molar-refractivity contribution in [3.8, 4) is 5.88 Å². The molecule has 3 aromatic heterocycles. The molecule has 0 spiro atoms. The summed E-state index contributed by atoms with van der Waals surface area (Å²) in [6.45, 7) is 4.71. The molecule has 3 aromatic rings. The molecule has 116 valence electrons. The van der Waals surface area contributed by atoms with Crippen molar-refractivity contribution in [3.05, 3.63) is 41.5 Å². The van der Waals surface area contributed by atoms with E-state index in [0.717, 1.165) is 28.6 Å². The molecule has 0 fully saturated rings. The summed E-state index contributed by atoms with van der Waals surface area (Å²) in [5, 5.41) is 16.3.